The molecule has 1 aromatic carbocycles. The van der Waals surface area contributed by atoms with E-state index in [1.165, 1.54) is 0 Å². The van der Waals surface area contributed by atoms with Crippen LogP contribution in [0, 0.1) is 23.4 Å². The quantitative estimate of drug-likeness (QED) is 0.745. The van der Waals surface area contributed by atoms with Gasteiger partial charge in [-0.2, -0.15) is 4.39 Å². The Balaban J connectivity index is 1.94. The van der Waals surface area contributed by atoms with E-state index in [-0.39, 0.29) is 0 Å². The average molecular weight is 302 g/mol. The molecule has 1 heterocycles. The van der Waals surface area contributed by atoms with E-state index in [1.807, 2.05) is 0 Å². The number of piperidine rings is 1. The lowest BCUT2D eigenvalue weighted by Crippen LogP contribution is -2.33. The number of carbonyl (C=O) groups is 1. The number of aromatic hydroxyl groups is 1. The van der Waals surface area contributed by atoms with E-state index < -0.39 is 34.7 Å². The molecule has 1 unspecified atom stereocenters. The molecule has 0 saturated carbocycles. The number of hydrogen-bond acceptors (Lipinski definition) is 3. The normalized spacial score (nSPS) is 18.5. The molecule has 1 aliphatic rings. The lowest BCUT2D eigenvalue weighted by molar-refractivity contribution is 0.0945. The summed E-state index contributed by atoms with van der Waals surface area (Å²) in [6.07, 6.45) is 2.85. The number of phenols is 1. The summed E-state index contributed by atoms with van der Waals surface area (Å²) in [4.78, 5) is 11.8. The predicted octanol–water partition coefficient (Wildman–Crippen LogP) is 1.93. The molecular formula is C14H17F3N2O2. The van der Waals surface area contributed by atoms with Crippen molar-refractivity contribution in [2.45, 2.75) is 19.3 Å². The number of amides is 1. The number of nitrogens with one attached hydrogen (secondary N) is 2. The zero-order chi connectivity index (χ0) is 15.4. The summed E-state index contributed by atoms with van der Waals surface area (Å²) in [6, 6.07) is 0.446. The zero-order valence-electron chi connectivity index (χ0n) is 11.4. The van der Waals surface area contributed by atoms with Gasteiger partial charge in [0.15, 0.2) is 17.4 Å². The number of phenolic OH excluding ortho intramolecular Hbond substituents is 1. The van der Waals surface area contributed by atoms with Crippen molar-refractivity contribution in [2.24, 2.45) is 5.92 Å². The molecule has 1 aromatic rings. The van der Waals surface area contributed by atoms with Gasteiger partial charge in [0.2, 0.25) is 5.82 Å². The molecule has 3 N–H and O–H groups in total. The van der Waals surface area contributed by atoms with Crippen LogP contribution in [0.4, 0.5) is 13.2 Å². The Hall–Kier alpha value is -1.76. The second-order valence-electron chi connectivity index (χ2n) is 5.14. The van der Waals surface area contributed by atoms with Crippen LogP contribution in [0.25, 0.3) is 0 Å². The molecular weight excluding hydrogens is 285 g/mol. The third-order valence-corrected chi connectivity index (χ3v) is 3.61. The summed E-state index contributed by atoms with van der Waals surface area (Å²) in [7, 11) is 0. The first-order valence-electron chi connectivity index (χ1n) is 6.86. The maximum Gasteiger partial charge on any atom is 0.254 e. The van der Waals surface area contributed by atoms with Crippen molar-refractivity contribution in [1.29, 1.82) is 0 Å². The smallest absolute Gasteiger partial charge is 0.254 e. The third kappa shape index (κ3) is 3.66. The van der Waals surface area contributed by atoms with Gasteiger partial charge in [-0.3, -0.25) is 4.79 Å². The summed E-state index contributed by atoms with van der Waals surface area (Å²) >= 11 is 0. The molecule has 1 atom stereocenters. The van der Waals surface area contributed by atoms with E-state index in [1.54, 1.807) is 0 Å². The summed E-state index contributed by atoms with van der Waals surface area (Å²) in [5.74, 6) is -6.53. The molecule has 1 saturated heterocycles. The maximum atomic E-state index is 13.5. The monoisotopic (exact) mass is 302 g/mol. The highest BCUT2D eigenvalue weighted by molar-refractivity contribution is 5.94. The van der Waals surface area contributed by atoms with Crippen LogP contribution in [0.15, 0.2) is 6.07 Å². The lowest BCUT2D eigenvalue weighted by Gasteiger charge is -2.22. The molecule has 0 aliphatic carbocycles. The van der Waals surface area contributed by atoms with Gasteiger partial charge in [0.1, 0.15) is 0 Å². The number of rotatable bonds is 4. The summed E-state index contributed by atoms with van der Waals surface area (Å²) in [6.45, 7) is 2.17. The van der Waals surface area contributed by atoms with Crippen molar-refractivity contribution < 1.29 is 23.1 Å². The summed E-state index contributed by atoms with van der Waals surface area (Å²) in [5.41, 5.74) is -0.701. The first-order chi connectivity index (χ1) is 10.0. The molecule has 0 spiro atoms. The fourth-order valence-corrected chi connectivity index (χ4v) is 2.41. The summed E-state index contributed by atoms with van der Waals surface area (Å²) < 4.78 is 39.6. The minimum atomic E-state index is -1.70. The molecule has 116 valence electrons. The number of halogens is 3. The molecule has 0 aromatic heterocycles. The standard InChI is InChI=1S/C14H17F3N2O2/c15-10-6-9(11(16)13(20)12(10)17)14(21)19-5-3-8-2-1-4-18-7-8/h6,8,18,20H,1-5,7H2,(H,19,21). The highest BCUT2D eigenvalue weighted by Crippen LogP contribution is 2.25. The molecule has 1 aliphatic heterocycles. The molecule has 0 bridgehead atoms. The molecule has 0 radical (unpaired) electrons. The largest absolute Gasteiger partial charge is 0.503 e. The molecule has 7 heteroatoms. The van der Waals surface area contributed by atoms with Crippen LogP contribution in [0.1, 0.15) is 29.6 Å². The Morgan fingerprint density at radius 2 is 2.14 bits per heavy atom. The van der Waals surface area contributed by atoms with E-state index in [0.29, 0.717) is 18.5 Å². The van der Waals surface area contributed by atoms with Crippen LogP contribution in [-0.2, 0) is 0 Å². The Morgan fingerprint density at radius 3 is 2.81 bits per heavy atom. The first kappa shape index (κ1) is 15.6. The molecule has 1 amide bonds. The number of benzene rings is 1. The maximum absolute atomic E-state index is 13.5. The Kier molecular flexibility index (Phi) is 5.06. The highest BCUT2D eigenvalue weighted by atomic mass is 19.2. The van der Waals surface area contributed by atoms with E-state index in [2.05, 4.69) is 10.6 Å². The van der Waals surface area contributed by atoms with E-state index in [0.717, 1.165) is 32.4 Å². The average Bonchev–Trinajstić information content (AvgIpc) is 2.49. The number of hydrogen-bond donors (Lipinski definition) is 3. The van der Waals surface area contributed by atoms with Crippen molar-refractivity contribution in [3.63, 3.8) is 0 Å². The minimum Gasteiger partial charge on any atom is -0.503 e. The van der Waals surface area contributed by atoms with Crippen LogP contribution in [0.5, 0.6) is 5.75 Å². The van der Waals surface area contributed by atoms with E-state index in [4.69, 9.17) is 5.11 Å². The fraction of sp³-hybridized carbons (Fsp3) is 0.500. The Bertz CT molecular complexity index is 531. The van der Waals surface area contributed by atoms with Gasteiger partial charge in [0.05, 0.1) is 5.56 Å². The zero-order valence-corrected chi connectivity index (χ0v) is 11.4. The Labute approximate surface area is 120 Å². The van der Waals surface area contributed by atoms with Crippen molar-refractivity contribution in [3.8, 4) is 5.75 Å². The van der Waals surface area contributed by atoms with Crippen LogP contribution < -0.4 is 10.6 Å². The van der Waals surface area contributed by atoms with Gasteiger partial charge < -0.3 is 15.7 Å². The van der Waals surface area contributed by atoms with Crippen LogP contribution in [0.2, 0.25) is 0 Å². The number of carbonyl (C=O) groups excluding carboxylic acids is 1. The van der Waals surface area contributed by atoms with Gasteiger partial charge >= 0.3 is 0 Å². The molecule has 4 nitrogen and oxygen atoms in total. The van der Waals surface area contributed by atoms with Crippen LogP contribution >= 0.6 is 0 Å². The topological polar surface area (TPSA) is 61.4 Å². The van der Waals surface area contributed by atoms with E-state index in [9.17, 15) is 18.0 Å². The van der Waals surface area contributed by atoms with Gasteiger partial charge in [0.25, 0.3) is 5.91 Å². The fourth-order valence-electron chi connectivity index (χ4n) is 2.41. The molecule has 21 heavy (non-hydrogen) atoms. The van der Waals surface area contributed by atoms with Crippen molar-refractivity contribution in [3.05, 3.63) is 29.1 Å². The van der Waals surface area contributed by atoms with Gasteiger partial charge in [-0.25, -0.2) is 8.78 Å². The van der Waals surface area contributed by atoms with Crippen molar-refractivity contribution in [2.75, 3.05) is 19.6 Å². The van der Waals surface area contributed by atoms with Crippen LogP contribution in [0.3, 0.4) is 0 Å². The molecule has 1 fully saturated rings. The summed E-state index contributed by atoms with van der Waals surface area (Å²) in [5, 5.41) is 14.8. The minimum absolute atomic E-state index is 0.310. The third-order valence-electron chi connectivity index (χ3n) is 3.61. The second-order valence-corrected chi connectivity index (χ2v) is 5.14. The second kappa shape index (κ2) is 6.80. The predicted molar refractivity (Wildman–Crippen MR) is 70.5 cm³/mol. The Morgan fingerprint density at radius 1 is 1.38 bits per heavy atom. The highest BCUT2D eigenvalue weighted by Gasteiger charge is 2.22. The molecule has 2 rings (SSSR count). The van der Waals surface area contributed by atoms with Crippen molar-refractivity contribution in [1.82, 2.24) is 10.6 Å². The van der Waals surface area contributed by atoms with Gasteiger partial charge in [-0.15, -0.1) is 0 Å². The van der Waals surface area contributed by atoms with Crippen molar-refractivity contribution >= 4 is 5.91 Å². The van der Waals surface area contributed by atoms with Gasteiger partial charge in [-0.05, 0) is 44.3 Å². The van der Waals surface area contributed by atoms with Gasteiger partial charge in [-0.1, -0.05) is 0 Å². The van der Waals surface area contributed by atoms with E-state index >= 15 is 0 Å². The lowest BCUT2D eigenvalue weighted by atomic mass is 9.96. The van der Waals surface area contributed by atoms with Crippen LogP contribution in [-0.4, -0.2) is 30.6 Å². The SMILES string of the molecule is O=C(NCCC1CCCNC1)c1cc(F)c(F)c(O)c1F. The first-order valence-corrected chi connectivity index (χ1v) is 6.86. The van der Waals surface area contributed by atoms with Gasteiger partial charge in [0, 0.05) is 6.54 Å².